The van der Waals surface area contributed by atoms with Gasteiger partial charge < -0.3 is 15.8 Å². The molecule has 1 aliphatic rings. The van der Waals surface area contributed by atoms with Gasteiger partial charge in [0.2, 0.25) is 0 Å². The van der Waals surface area contributed by atoms with E-state index < -0.39 is 0 Å². The molecule has 0 heterocycles. The predicted octanol–water partition coefficient (Wildman–Crippen LogP) is 3.10. The highest BCUT2D eigenvalue weighted by molar-refractivity contribution is 6.02. The van der Waals surface area contributed by atoms with E-state index in [2.05, 4.69) is 37.0 Å². The summed E-state index contributed by atoms with van der Waals surface area (Å²) < 4.78 is 0. The van der Waals surface area contributed by atoms with Crippen molar-refractivity contribution in [2.75, 3.05) is 11.9 Å². The van der Waals surface area contributed by atoms with Crippen LogP contribution in [0.1, 0.15) is 43.7 Å². The van der Waals surface area contributed by atoms with Crippen molar-refractivity contribution in [3.63, 3.8) is 0 Å². The van der Waals surface area contributed by atoms with Gasteiger partial charge in [0.1, 0.15) is 0 Å². The van der Waals surface area contributed by atoms with Crippen molar-refractivity contribution in [2.24, 2.45) is 16.8 Å². The molecule has 0 aliphatic heterocycles. The van der Waals surface area contributed by atoms with E-state index in [1.165, 1.54) is 31.2 Å². The number of benzene rings is 1. The van der Waals surface area contributed by atoms with E-state index in [1.807, 2.05) is 12.1 Å². The third kappa shape index (κ3) is 2.89. The highest BCUT2D eigenvalue weighted by Crippen LogP contribution is 2.32. The summed E-state index contributed by atoms with van der Waals surface area (Å²) in [6.07, 6.45) is 5.09. The standard InChI is InChI=1S/C16H25N3O/c1-11-8-9-13(16(17)18-20)15(10-11)19(3)14-7-5-4-6-12(14)2/h8-10,12,14,20H,4-7H2,1-3H3,(H2,17,18). The minimum Gasteiger partial charge on any atom is -0.409 e. The Morgan fingerprint density at radius 1 is 1.35 bits per heavy atom. The summed E-state index contributed by atoms with van der Waals surface area (Å²) >= 11 is 0. The lowest BCUT2D eigenvalue weighted by molar-refractivity contribution is 0.318. The van der Waals surface area contributed by atoms with E-state index in [4.69, 9.17) is 10.9 Å². The Morgan fingerprint density at radius 3 is 2.70 bits per heavy atom. The number of nitrogens with zero attached hydrogens (tertiary/aromatic N) is 2. The first-order valence-electron chi connectivity index (χ1n) is 7.36. The molecule has 0 bridgehead atoms. The van der Waals surface area contributed by atoms with Crippen LogP contribution in [0.15, 0.2) is 23.4 Å². The SMILES string of the molecule is Cc1ccc(C(N)=NO)c(N(C)C2CCCCC2C)c1. The normalized spacial score (nSPS) is 23.6. The summed E-state index contributed by atoms with van der Waals surface area (Å²) in [5.74, 6) is 0.852. The monoisotopic (exact) mass is 275 g/mol. The number of hydrogen-bond donors (Lipinski definition) is 2. The zero-order valence-electron chi connectivity index (χ0n) is 12.6. The number of nitrogens with two attached hydrogens (primary N) is 1. The van der Waals surface area contributed by atoms with Crippen molar-refractivity contribution < 1.29 is 5.21 Å². The second-order valence-corrected chi connectivity index (χ2v) is 5.95. The fourth-order valence-electron chi connectivity index (χ4n) is 3.25. The molecule has 1 aromatic rings. The molecule has 1 saturated carbocycles. The lowest BCUT2D eigenvalue weighted by Crippen LogP contribution is -2.40. The molecule has 0 spiro atoms. The van der Waals surface area contributed by atoms with Crippen LogP contribution in [0.2, 0.25) is 0 Å². The second kappa shape index (κ2) is 6.16. The Bertz CT molecular complexity index is 498. The molecule has 2 unspecified atom stereocenters. The fourth-order valence-corrected chi connectivity index (χ4v) is 3.25. The van der Waals surface area contributed by atoms with Gasteiger partial charge in [-0.25, -0.2) is 0 Å². The van der Waals surface area contributed by atoms with Gasteiger partial charge in [-0.15, -0.1) is 0 Å². The summed E-state index contributed by atoms with van der Waals surface area (Å²) in [4.78, 5) is 2.31. The molecule has 4 nitrogen and oxygen atoms in total. The summed E-state index contributed by atoms with van der Waals surface area (Å²) in [6, 6.07) is 6.57. The topological polar surface area (TPSA) is 61.9 Å². The van der Waals surface area contributed by atoms with Crippen LogP contribution in [0.25, 0.3) is 0 Å². The maximum absolute atomic E-state index is 8.97. The third-order valence-corrected chi connectivity index (χ3v) is 4.48. The van der Waals surface area contributed by atoms with Gasteiger partial charge in [-0.1, -0.05) is 31.0 Å². The number of amidine groups is 1. The van der Waals surface area contributed by atoms with E-state index >= 15 is 0 Å². The Kier molecular flexibility index (Phi) is 4.53. The number of rotatable bonds is 3. The zero-order valence-corrected chi connectivity index (χ0v) is 12.6. The van der Waals surface area contributed by atoms with E-state index in [0.29, 0.717) is 12.0 Å². The summed E-state index contributed by atoms with van der Waals surface area (Å²) in [5.41, 5.74) is 8.86. The number of oxime groups is 1. The zero-order chi connectivity index (χ0) is 14.7. The van der Waals surface area contributed by atoms with E-state index in [-0.39, 0.29) is 5.84 Å². The quantitative estimate of drug-likeness (QED) is 0.385. The van der Waals surface area contributed by atoms with Gasteiger partial charge >= 0.3 is 0 Å². The molecule has 0 aromatic heterocycles. The lowest BCUT2D eigenvalue weighted by Gasteiger charge is -2.38. The first-order chi connectivity index (χ1) is 9.54. The van der Waals surface area contributed by atoms with E-state index in [0.717, 1.165) is 11.3 Å². The molecule has 1 fully saturated rings. The van der Waals surface area contributed by atoms with Gasteiger partial charge in [-0.05, 0) is 43.4 Å². The Balaban J connectivity index is 2.37. The molecule has 1 aliphatic carbocycles. The average molecular weight is 275 g/mol. The van der Waals surface area contributed by atoms with Crippen LogP contribution < -0.4 is 10.6 Å². The van der Waals surface area contributed by atoms with E-state index in [9.17, 15) is 0 Å². The predicted molar refractivity (Wildman–Crippen MR) is 83.5 cm³/mol. The van der Waals surface area contributed by atoms with Crippen molar-refractivity contribution in [2.45, 2.75) is 45.6 Å². The van der Waals surface area contributed by atoms with Gasteiger partial charge in [0, 0.05) is 24.3 Å². The van der Waals surface area contributed by atoms with Crippen molar-refractivity contribution in [3.8, 4) is 0 Å². The molecular formula is C16H25N3O. The summed E-state index contributed by atoms with van der Waals surface area (Å²) in [6.45, 7) is 4.39. The van der Waals surface area contributed by atoms with Gasteiger partial charge in [-0.2, -0.15) is 0 Å². The molecule has 0 radical (unpaired) electrons. The van der Waals surface area contributed by atoms with Gasteiger partial charge in [0.25, 0.3) is 0 Å². The average Bonchev–Trinajstić information content (AvgIpc) is 2.46. The summed E-state index contributed by atoms with van der Waals surface area (Å²) in [7, 11) is 2.12. The number of hydrogen-bond acceptors (Lipinski definition) is 3. The smallest absolute Gasteiger partial charge is 0.172 e. The molecule has 1 aromatic carbocycles. The molecule has 2 rings (SSSR count). The molecule has 3 N–H and O–H groups in total. The van der Waals surface area contributed by atoms with Crippen molar-refractivity contribution in [1.29, 1.82) is 0 Å². The number of aryl methyl sites for hydroxylation is 1. The maximum Gasteiger partial charge on any atom is 0.172 e. The molecular weight excluding hydrogens is 250 g/mol. The van der Waals surface area contributed by atoms with Crippen LogP contribution >= 0.6 is 0 Å². The van der Waals surface area contributed by atoms with Crippen LogP contribution in [-0.2, 0) is 0 Å². The second-order valence-electron chi connectivity index (χ2n) is 5.95. The first-order valence-corrected chi connectivity index (χ1v) is 7.36. The molecule has 0 amide bonds. The van der Waals surface area contributed by atoms with Crippen LogP contribution in [0.5, 0.6) is 0 Å². The maximum atomic E-state index is 8.97. The Morgan fingerprint density at radius 2 is 2.05 bits per heavy atom. The van der Waals surface area contributed by atoms with Crippen LogP contribution in [0, 0.1) is 12.8 Å². The van der Waals surface area contributed by atoms with E-state index in [1.54, 1.807) is 0 Å². The fraction of sp³-hybridized carbons (Fsp3) is 0.562. The van der Waals surface area contributed by atoms with Crippen molar-refractivity contribution in [3.05, 3.63) is 29.3 Å². The summed E-state index contributed by atoms with van der Waals surface area (Å²) in [5, 5.41) is 12.1. The van der Waals surface area contributed by atoms with Crippen molar-refractivity contribution in [1.82, 2.24) is 0 Å². The molecule has 110 valence electrons. The Labute approximate surface area is 121 Å². The molecule has 0 saturated heterocycles. The molecule has 2 atom stereocenters. The minimum absolute atomic E-state index is 0.176. The van der Waals surface area contributed by atoms with Gasteiger partial charge in [-0.3, -0.25) is 0 Å². The van der Waals surface area contributed by atoms with Crippen LogP contribution in [-0.4, -0.2) is 24.1 Å². The largest absolute Gasteiger partial charge is 0.409 e. The highest BCUT2D eigenvalue weighted by Gasteiger charge is 2.26. The lowest BCUT2D eigenvalue weighted by atomic mass is 9.84. The minimum atomic E-state index is 0.176. The van der Waals surface area contributed by atoms with Crippen LogP contribution in [0.3, 0.4) is 0 Å². The first kappa shape index (κ1) is 14.7. The van der Waals surface area contributed by atoms with Crippen molar-refractivity contribution >= 4 is 11.5 Å². The Hall–Kier alpha value is -1.71. The highest BCUT2D eigenvalue weighted by atomic mass is 16.4. The van der Waals surface area contributed by atoms with Gasteiger partial charge in [0.15, 0.2) is 5.84 Å². The molecule has 20 heavy (non-hydrogen) atoms. The third-order valence-electron chi connectivity index (χ3n) is 4.48. The number of anilines is 1. The van der Waals surface area contributed by atoms with Crippen LogP contribution in [0.4, 0.5) is 5.69 Å². The molecule has 4 heteroatoms. The van der Waals surface area contributed by atoms with Gasteiger partial charge in [0.05, 0.1) is 0 Å².